The number of ether oxygens (including phenoxy) is 2. The highest BCUT2D eigenvalue weighted by Gasteiger charge is 2.28. The monoisotopic (exact) mass is 474 g/mol. The molecule has 0 amide bonds. The second-order valence-corrected chi connectivity index (χ2v) is 8.73. The maximum absolute atomic E-state index is 12.1. The lowest BCUT2D eigenvalue weighted by Crippen LogP contribution is -2.19. The van der Waals surface area contributed by atoms with Gasteiger partial charge in [-0.25, -0.2) is 4.98 Å². The van der Waals surface area contributed by atoms with Gasteiger partial charge in [-0.3, -0.25) is 9.59 Å². The predicted octanol–water partition coefficient (Wildman–Crippen LogP) is 4.52. The Labute approximate surface area is 205 Å². The molecule has 7 nitrogen and oxygen atoms in total. The molecule has 2 N–H and O–H groups in total. The van der Waals surface area contributed by atoms with Gasteiger partial charge in [-0.1, -0.05) is 18.2 Å². The number of rotatable bonds is 12. The Balaban J connectivity index is 1.66. The van der Waals surface area contributed by atoms with Gasteiger partial charge in [0.25, 0.3) is 0 Å². The standard InChI is InChI=1S/C28H30N2O5/c1-34-26-9-3-18(14-28(32)33)13-24(26)23-8-6-20(21-7-10-27(35-2)30-17-21)15-22(23)16-29-12-11-25(31)19-4-5-19/h3,6-10,13,15,17,19,29H,4-5,11-12,14,16H2,1-2H3,(H,32,33). The first-order valence-electron chi connectivity index (χ1n) is 11.7. The van der Waals surface area contributed by atoms with Crippen LogP contribution in [-0.2, 0) is 22.6 Å². The van der Waals surface area contributed by atoms with Crippen LogP contribution in [0.2, 0.25) is 0 Å². The van der Waals surface area contributed by atoms with E-state index in [4.69, 9.17) is 9.47 Å². The quantitative estimate of drug-likeness (QED) is 0.373. The molecule has 0 aliphatic heterocycles. The minimum Gasteiger partial charge on any atom is -0.496 e. The van der Waals surface area contributed by atoms with Gasteiger partial charge in [0.05, 0.1) is 20.6 Å². The average molecular weight is 475 g/mol. The number of methoxy groups -OCH3 is 2. The Morgan fingerprint density at radius 3 is 2.46 bits per heavy atom. The third kappa shape index (κ3) is 6.25. The van der Waals surface area contributed by atoms with Gasteiger partial charge in [-0.05, 0) is 59.4 Å². The highest BCUT2D eigenvalue weighted by molar-refractivity contribution is 5.83. The number of aromatic nitrogens is 1. The number of carbonyl (C=O) groups is 2. The van der Waals surface area contributed by atoms with Crippen molar-refractivity contribution in [2.45, 2.75) is 32.2 Å². The minimum absolute atomic E-state index is 0.0660. The van der Waals surface area contributed by atoms with E-state index in [1.807, 2.05) is 30.3 Å². The summed E-state index contributed by atoms with van der Waals surface area (Å²) in [5.41, 5.74) is 5.44. The molecule has 1 saturated carbocycles. The number of benzene rings is 2. The van der Waals surface area contributed by atoms with Crippen LogP contribution in [0.25, 0.3) is 22.3 Å². The number of pyridine rings is 1. The zero-order valence-electron chi connectivity index (χ0n) is 20.0. The molecule has 1 aromatic heterocycles. The van der Waals surface area contributed by atoms with Crippen LogP contribution >= 0.6 is 0 Å². The Hall–Kier alpha value is -3.71. The number of carboxylic acids is 1. The fourth-order valence-electron chi connectivity index (χ4n) is 4.15. The molecule has 35 heavy (non-hydrogen) atoms. The molecule has 1 aliphatic carbocycles. The molecule has 0 saturated heterocycles. The summed E-state index contributed by atoms with van der Waals surface area (Å²) < 4.78 is 10.8. The summed E-state index contributed by atoms with van der Waals surface area (Å²) in [5.74, 6) is 0.930. The number of nitrogens with zero attached hydrogens (tertiary/aromatic N) is 1. The lowest BCUT2D eigenvalue weighted by Gasteiger charge is -2.17. The SMILES string of the molecule is COc1ccc(-c2ccc(-c3cc(CC(=O)O)ccc3OC)c(CNCCC(=O)C3CC3)c2)cn1. The van der Waals surface area contributed by atoms with E-state index in [9.17, 15) is 14.7 Å². The summed E-state index contributed by atoms with van der Waals surface area (Å²) in [6.07, 6.45) is 4.27. The van der Waals surface area contributed by atoms with Gasteiger partial charge in [0, 0.05) is 48.8 Å². The van der Waals surface area contributed by atoms with E-state index >= 15 is 0 Å². The zero-order chi connectivity index (χ0) is 24.8. The predicted molar refractivity (Wildman–Crippen MR) is 134 cm³/mol. The van der Waals surface area contributed by atoms with Crippen molar-refractivity contribution < 1.29 is 24.2 Å². The van der Waals surface area contributed by atoms with Gasteiger partial charge < -0.3 is 19.9 Å². The van der Waals surface area contributed by atoms with E-state index in [2.05, 4.69) is 16.4 Å². The van der Waals surface area contributed by atoms with Crippen molar-refractivity contribution in [2.75, 3.05) is 20.8 Å². The van der Waals surface area contributed by atoms with E-state index in [1.54, 1.807) is 32.5 Å². The van der Waals surface area contributed by atoms with Crippen molar-refractivity contribution in [2.24, 2.45) is 5.92 Å². The Morgan fingerprint density at radius 1 is 1.00 bits per heavy atom. The maximum Gasteiger partial charge on any atom is 0.307 e. The number of carboxylic acid groups (broad SMARTS) is 1. The number of nitrogens with one attached hydrogen (secondary N) is 1. The highest BCUT2D eigenvalue weighted by atomic mass is 16.5. The first kappa shape index (κ1) is 24.4. The van der Waals surface area contributed by atoms with E-state index in [-0.39, 0.29) is 12.3 Å². The third-order valence-corrected chi connectivity index (χ3v) is 6.19. The molecule has 7 heteroatoms. The maximum atomic E-state index is 12.1. The number of ketones is 1. The Morgan fingerprint density at radius 2 is 1.80 bits per heavy atom. The number of Topliss-reactive ketones (excluding diaryl/α,β-unsaturated/α-hetero) is 1. The molecule has 182 valence electrons. The van der Waals surface area contributed by atoms with Crippen LogP contribution in [0.1, 0.15) is 30.4 Å². The van der Waals surface area contributed by atoms with Gasteiger partial charge in [-0.2, -0.15) is 0 Å². The number of aliphatic carboxylic acids is 1. The number of carbonyl (C=O) groups excluding carboxylic acids is 1. The van der Waals surface area contributed by atoms with Crippen molar-refractivity contribution >= 4 is 11.8 Å². The van der Waals surface area contributed by atoms with Crippen molar-refractivity contribution in [3.63, 3.8) is 0 Å². The molecule has 1 heterocycles. The van der Waals surface area contributed by atoms with Crippen LogP contribution in [0.15, 0.2) is 54.7 Å². The van der Waals surface area contributed by atoms with Gasteiger partial charge in [0.2, 0.25) is 5.88 Å². The van der Waals surface area contributed by atoms with Crippen LogP contribution in [0.3, 0.4) is 0 Å². The van der Waals surface area contributed by atoms with Crippen molar-refractivity contribution in [1.82, 2.24) is 10.3 Å². The molecule has 0 atom stereocenters. The molecule has 1 fully saturated rings. The second kappa shape index (κ2) is 11.1. The van der Waals surface area contributed by atoms with Crippen molar-refractivity contribution in [3.05, 3.63) is 65.9 Å². The summed E-state index contributed by atoms with van der Waals surface area (Å²) in [4.78, 5) is 27.7. The summed E-state index contributed by atoms with van der Waals surface area (Å²) in [5, 5.41) is 12.7. The van der Waals surface area contributed by atoms with Crippen LogP contribution in [-0.4, -0.2) is 42.6 Å². The molecule has 0 unspecified atom stereocenters. The van der Waals surface area contributed by atoms with Gasteiger partial charge in [0.1, 0.15) is 11.5 Å². The Kier molecular flexibility index (Phi) is 7.77. The van der Waals surface area contributed by atoms with Gasteiger partial charge >= 0.3 is 5.97 Å². The van der Waals surface area contributed by atoms with Crippen LogP contribution in [0.4, 0.5) is 0 Å². The molecular weight excluding hydrogens is 444 g/mol. The largest absolute Gasteiger partial charge is 0.496 e. The summed E-state index contributed by atoms with van der Waals surface area (Å²) >= 11 is 0. The van der Waals surface area contributed by atoms with Gasteiger partial charge in [0.15, 0.2) is 0 Å². The Bertz CT molecular complexity index is 1200. The minimum atomic E-state index is -0.884. The van der Waals surface area contributed by atoms with Crippen molar-refractivity contribution in [1.29, 1.82) is 0 Å². The van der Waals surface area contributed by atoms with E-state index in [0.29, 0.717) is 42.5 Å². The average Bonchev–Trinajstić information content (AvgIpc) is 3.72. The molecule has 3 aromatic rings. The first-order valence-corrected chi connectivity index (χ1v) is 11.7. The smallest absolute Gasteiger partial charge is 0.307 e. The fourth-order valence-corrected chi connectivity index (χ4v) is 4.15. The van der Waals surface area contributed by atoms with Crippen LogP contribution in [0, 0.1) is 5.92 Å². The van der Waals surface area contributed by atoms with Crippen LogP contribution in [0.5, 0.6) is 11.6 Å². The highest BCUT2D eigenvalue weighted by Crippen LogP contribution is 2.36. The molecule has 0 bridgehead atoms. The molecule has 0 spiro atoms. The summed E-state index contributed by atoms with van der Waals surface area (Å²) in [6, 6.07) is 15.4. The normalized spacial score (nSPS) is 12.9. The van der Waals surface area contributed by atoms with Crippen LogP contribution < -0.4 is 14.8 Å². The lowest BCUT2D eigenvalue weighted by molar-refractivity contribution is -0.136. The molecule has 0 radical (unpaired) electrons. The number of hydrogen-bond donors (Lipinski definition) is 2. The lowest BCUT2D eigenvalue weighted by atomic mass is 9.93. The molecule has 2 aromatic carbocycles. The zero-order valence-corrected chi connectivity index (χ0v) is 20.0. The molecular formula is C28H30N2O5. The van der Waals surface area contributed by atoms with E-state index < -0.39 is 5.97 Å². The van der Waals surface area contributed by atoms with E-state index in [0.717, 1.165) is 40.7 Å². The second-order valence-electron chi connectivity index (χ2n) is 8.73. The fraction of sp³-hybridized carbons (Fsp3) is 0.321. The third-order valence-electron chi connectivity index (χ3n) is 6.19. The number of hydrogen-bond acceptors (Lipinski definition) is 6. The molecule has 4 rings (SSSR count). The topological polar surface area (TPSA) is 97.8 Å². The summed E-state index contributed by atoms with van der Waals surface area (Å²) in [6.45, 7) is 1.16. The molecule has 1 aliphatic rings. The summed E-state index contributed by atoms with van der Waals surface area (Å²) in [7, 11) is 3.19. The first-order chi connectivity index (χ1) is 17.0. The van der Waals surface area contributed by atoms with Gasteiger partial charge in [-0.15, -0.1) is 0 Å². The van der Waals surface area contributed by atoms with E-state index in [1.165, 1.54) is 0 Å². The van der Waals surface area contributed by atoms with Crippen molar-refractivity contribution in [3.8, 4) is 33.9 Å².